The molecule has 7 nitrogen and oxygen atoms in total. The third-order valence-electron chi connectivity index (χ3n) is 6.55. The summed E-state index contributed by atoms with van der Waals surface area (Å²) in [6.45, 7) is 1.13. The molecule has 1 amide bonds. The van der Waals surface area contributed by atoms with Gasteiger partial charge in [0.05, 0.1) is 31.8 Å². The third-order valence-corrected chi connectivity index (χ3v) is 6.55. The summed E-state index contributed by atoms with van der Waals surface area (Å²) in [4.78, 5) is 12.3. The van der Waals surface area contributed by atoms with Crippen molar-refractivity contribution < 1.29 is 24.1 Å². The average Bonchev–Trinajstić information content (AvgIpc) is 3.30. The topological polar surface area (TPSA) is 89.1 Å². The fourth-order valence-corrected chi connectivity index (χ4v) is 4.82. The number of carbonyl (C=O) groups excluding carboxylic acids is 1. The molecule has 2 heterocycles. The number of nitrogens with one attached hydrogen (secondary N) is 2. The molecule has 3 fully saturated rings. The molecule has 5 atom stereocenters. The Balaban J connectivity index is 1.17. The first-order chi connectivity index (χ1) is 14.6. The third kappa shape index (κ3) is 5.32. The minimum atomic E-state index is -0.640. The van der Waals surface area contributed by atoms with Gasteiger partial charge in [0.1, 0.15) is 18.0 Å². The van der Waals surface area contributed by atoms with E-state index < -0.39 is 6.10 Å². The van der Waals surface area contributed by atoms with Gasteiger partial charge in [-0.3, -0.25) is 4.79 Å². The van der Waals surface area contributed by atoms with E-state index in [0.717, 1.165) is 11.3 Å². The van der Waals surface area contributed by atoms with Gasteiger partial charge in [-0.05, 0) is 30.5 Å². The van der Waals surface area contributed by atoms with Crippen molar-refractivity contribution in [3.05, 3.63) is 29.8 Å². The zero-order valence-corrected chi connectivity index (χ0v) is 17.7. The van der Waals surface area contributed by atoms with Gasteiger partial charge >= 0.3 is 0 Å². The molecule has 1 saturated carbocycles. The molecule has 1 aromatic rings. The first-order valence-electron chi connectivity index (χ1n) is 11.2. The Morgan fingerprint density at radius 2 is 1.93 bits per heavy atom. The number of amides is 1. The number of fused-ring (bicyclic) bond motifs is 1. The van der Waals surface area contributed by atoms with Crippen LogP contribution in [-0.4, -0.2) is 61.2 Å². The molecule has 3 aliphatic rings. The van der Waals surface area contributed by atoms with Crippen molar-refractivity contribution in [1.29, 1.82) is 0 Å². The molecule has 2 saturated heterocycles. The molecule has 0 bridgehead atoms. The fourth-order valence-electron chi connectivity index (χ4n) is 4.82. The van der Waals surface area contributed by atoms with E-state index in [1.54, 1.807) is 7.11 Å². The SMILES string of the molecule is COc1ccc(CNC(=O)C[C@@H]2C[C@H]3O[C@H](CNC4CCCCC4)[C@@H](O)[C@H]3O2)cc1. The van der Waals surface area contributed by atoms with Gasteiger partial charge < -0.3 is 30.0 Å². The van der Waals surface area contributed by atoms with Gasteiger partial charge in [0.15, 0.2) is 0 Å². The quantitative estimate of drug-likeness (QED) is 0.598. The molecule has 2 aliphatic heterocycles. The second-order valence-electron chi connectivity index (χ2n) is 8.73. The number of ether oxygens (including phenoxy) is 3. The summed E-state index contributed by atoms with van der Waals surface area (Å²) in [5.41, 5.74) is 1.01. The Morgan fingerprint density at radius 1 is 1.17 bits per heavy atom. The van der Waals surface area contributed by atoms with Crippen LogP contribution in [-0.2, 0) is 20.8 Å². The van der Waals surface area contributed by atoms with E-state index in [9.17, 15) is 9.90 Å². The second kappa shape index (κ2) is 10.1. The van der Waals surface area contributed by atoms with Gasteiger partial charge in [0.2, 0.25) is 5.91 Å². The van der Waals surface area contributed by atoms with E-state index in [0.29, 0.717) is 25.6 Å². The van der Waals surface area contributed by atoms with Crippen LogP contribution >= 0.6 is 0 Å². The molecule has 0 unspecified atom stereocenters. The monoisotopic (exact) mass is 418 g/mol. The highest BCUT2D eigenvalue weighted by molar-refractivity contribution is 5.76. The lowest BCUT2D eigenvalue weighted by molar-refractivity contribution is -0.124. The van der Waals surface area contributed by atoms with Gasteiger partial charge in [0, 0.05) is 25.6 Å². The number of hydrogen-bond acceptors (Lipinski definition) is 6. The van der Waals surface area contributed by atoms with Gasteiger partial charge in [-0.25, -0.2) is 0 Å². The van der Waals surface area contributed by atoms with Crippen LogP contribution in [0.5, 0.6) is 5.75 Å². The van der Waals surface area contributed by atoms with Crippen LogP contribution in [0, 0.1) is 0 Å². The van der Waals surface area contributed by atoms with Crippen molar-refractivity contribution in [2.45, 2.75) is 88.1 Å². The molecular formula is C23H34N2O5. The summed E-state index contributed by atoms with van der Waals surface area (Å²) in [7, 11) is 1.63. The maximum atomic E-state index is 12.3. The lowest BCUT2D eigenvalue weighted by Gasteiger charge is -2.26. The predicted octanol–water partition coefficient (Wildman–Crippen LogP) is 1.91. The van der Waals surface area contributed by atoms with Crippen molar-refractivity contribution >= 4 is 5.91 Å². The van der Waals surface area contributed by atoms with Gasteiger partial charge in [-0.15, -0.1) is 0 Å². The number of methoxy groups -OCH3 is 1. The lowest BCUT2D eigenvalue weighted by atomic mass is 9.95. The minimum absolute atomic E-state index is 0.0548. The van der Waals surface area contributed by atoms with E-state index in [2.05, 4.69) is 10.6 Å². The smallest absolute Gasteiger partial charge is 0.222 e. The zero-order valence-electron chi connectivity index (χ0n) is 17.7. The molecular weight excluding hydrogens is 384 g/mol. The summed E-state index contributed by atoms with van der Waals surface area (Å²) >= 11 is 0. The first kappa shape index (κ1) is 21.6. The standard InChI is InChI=1S/C23H34N2O5/c1-28-17-9-7-15(8-10-17)13-25-21(26)12-18-11-19-23(29-18)22(27)20(30-19)14-24-16-5-3-2-4-6-16/h7-10,16,18-20,22-24,27H,2-6,11-14H2,1H3,(H,25,26)/t18-,19+,20+,22+,23-/m0/s1. The molecule has 166 valence electrons. The van der Waals surface area contributed by atoms with Crippen molar-refractivity contribution in [3.8, 4) is 5.75 Å². The highest BCUT2D eigenvalue weighted by Gasteiger charge is 2.50. The summed E-state index contributed by atoms with van der Waals surface area (Å²) in [6, 6.07) is 8.16. The molecule has 1 aromatic carbocycles. The Kier molecular flexibility index (Phi) is 7.25. The van der Waals surface area contributed by atoms with Gasteiger partial charge in [0.25, 0.3) is 0 Å². The Bertz CT molecular complexity index is 691. The highest BCUT2D eigenvalue weighted by Crippen LogP contribution is 2.35. The Morgan fingerprint density at radius 3 is 2.63 bits per heavy atom. The summed E-state index contributed by atoms with van der Waals surface area (Å²) < 4.78 is 17.2. The molecule has 4 rings (SSSR count). The van der Waals surface area contributed by atoms with Gasteiger partial charge in [-0.2, -0.15) is 0 Å². The van der Waals surface area contributed by atoms with Crippen LogP contribution in [0.3, 0.4) is 0 Å². The average molecular weight is 419 g/mol. The van der Waals surface area contributed by atoms with Crippen LogP contribution in [0.4, 0.5) is 0 Å². The summed E-state index contributed by atoms with van der Waals surface area (Å²) in [5.74, 6) is 0.738. The van der Waals surface area contributed by atoms with E-state index >= 15 is 0 Å². The minimum Gasteiger partial charge on any atom is -0.497 e. The van der Waals surface area contributed by atoms with Crippen molar-refractivity contribution in [2.75, 3.05) is 13.7 Å². The Labute approximate surface area is 178 Å². The second-order valence-corrected chi connectivity index (χ2v) is 8.73. The molecule has 1 aliphatic carbocycles. The van der Waals surface area contributed by atoms with Crippen LogP contribution in [0.15, 0.2) is 24.3 Å². The molecule has 30 heavy (non-hydrogen) atoms. The van der Waals surface area contributed by atoms with E-state index in [4.69, 9.17) is 14.2 Å². The lowest BCUT2D eigenvalue weighted by Crippen LogP contribution is -2.42. The molecule has 3 N–H and O–H groups in total. The summed E-state index contributed by atoms with van der Waals surface area (Å²) in [5, 5.41) is 17.1. The van der Waals surface area contributed by atoms with Crippen LogP contribution < -0.4 is 15.4 Å². The predicted molar refractivity (Wildman–Crippen MR) is 112 cm³/mol. The maximum Gasteiger partial charge on any atom is 0.222 e. The number of aliphatic hydroxyl groups is 1. The normalized spacial score (nSPS) is 31.5. The first-order valence-corrected chi connectivity index (χ1v) is 11.2. The molecule has 7 heteroatoms. The van der Waals surface area contributed by atoms with Crippen LogP contribution in [0.2, 0.25) is 0 Å². The molecule has 0 spiro atoms. The van der Waals surface area contributed by atoms with Crippen LogP contribution in [0.25, 0.3) is 0 Å². The van der Waals surface area contributed by atoms with E-state index in [-0.39, 0.29) is 36.7 Å². The number of aliphatic hydroxyl groups excluding tert-OH is 1. The maximum absolute atomic E-state index is 12.3. The van der Waals surface area contributed by atoms with Gasteiger partial charge in [-0.1, -0.05) is 31.4 Å². The summed E-state index contributed by atoms with van der Waals surface area (Å²) in [6.07, 6.45) is 5.70. The fraction of sp³-hybridized carbons (Fsp3) is 0.696. The number of benzene rings is 1. The van der Waals surface area contributed by atoms with Crippen LogP contribution in [0.1, 0.15) is 50.5 Å². The van der Waals surface area contributed by atoms with Crippen molar-refractivity contribution in [1.82, 2.24) is 10.6 Å². The largest absolute Gasteiger partial charge is 0.497 e. The highest BCUT2D eigenvalue weighted by atomic mass is 16.6. The van der Waals surface area contributed by atoms with E-state index in [1.165, 1.54) is 32.1 Å². The van der Waals surface area contributed by atoms with Crippen molar-refractivity contribution in [2.24, 2.45) is 0 Å². The zero-order chi connectivity index (χ0) is 20.9. The van der Waals surface area contributed by atoms with E-state index in [1.807, 2.05) is 24.3 Å². The Hall–Kier alpha value is -1.67. The number of rotatable bonds is 8. The number of hydrogen-bond donors (Lipinski definition) is 3. The molecule has 0 radical (unpaired) electrons. The number of carbonyl (C=O) groups is 1. The molecule has 0 aromatic heterocycles. The van der Waals surface area contributed by atoms with Crippen molar-refractivity contribution in [3.63, 3.8) is 0 Å².